The molecule has 2 N–H and O–H groups in total. The maximum absolute atomic E-state index is 12.7. The molecule has 0 bridgehead atoms. The summed E-state index contributed by atoms with van der Waals surface area (Å²) in [5.41, 5.74) is 1.14. The summed E-state index contributed by atoms with van der Waals surface area (Å²) in [5.74, 6) is -0.866. The molecule has 0 aromatic heterocycles. The second-order valence-electron chi connectivity index (χ2n) is 6.23. The van der Waals surface area contributed by atoms with E-state index >= 15 is 0 Å². The van der Waals surface area contributed by atoms with Crippen molar-refractivity contribution in [3.8, 4) is 0 Å². The first-order valence-corrected chi connectivity index (χ1v) is 7.96. The van der Waals surface area contributed by atoms with Crippen LogP contribution in [-0.4, -0.2) is 29.3 Å². The van der Waals surface area contributed by atoms with E-state index in [0.29, 0.717) is 11.3 Å². The van der Waals surface area contributed by atoms with Crippen LogP contribution in [0.4, 0.5) is 10.5 Å². The molecule has 1 atom stereocenters. The van der Waals surface area contributed by atoms with Crippen molar-refractivity contribution in [2.45, 2.75) is 19.4 Å². The van der Waals surface area contributed by atoms with Gasteiger partial charge in [-0.2, -0.15) is 0 Å². The number of nitrogens with one attached hydrogen (secondary N) is 2. The first kappa shape index (κ1) is 16.7. The number of benzene rings is 2. The van der Waals surface area contributed by atoms with E-state index in [2.05, 4.69) is 10.6 Å². The number of rotatable bonds is 4. The Balaban J connectivity index is 1.74. The SMILES string of the molecule is Cc1cccc(NC(=O)CN2C(=O)NC(C)(c3ccccc3)C2=O)c1. The van der Waals surface area contributed by atoms with Crippen LogP contribution < -0.4 is 10.6 Å². The number of hydrogen-bond donors (Lipinski definition) is 2. The van der Waals surface area contributed by atoms with Gasteiger partial charge in [-0.25, -0.2) is 4.79 Å². The molecule has 6 heteroatoms. The molecule has 4 amide bonds. The normalized spacial score (nSPS) is 19.7. The predicted molar refractivity (Wildman–Crippen MR) is 93.8 cm³/mol. The Kier molecular flexibility index (Phi) is 4.27. The fraction of sp³-hybridized carbons (Fsp3) is 0.211. The zero-order valence-electron chi connectivity index (χ0n) is 14.1. The summed E-state index contributed by atoms with van der Waals surface area (Å²) in [6, 6.07) is 15.7. The van der Waals surface area contributed by atoms with Crippen molar-refractivity contribution in [2.75, 3.05) is 11.9 Å². The minimum Gasteiger partial charge on any atom is -0.325 e. The molecule has 6 nitrogen and oxygen atoms in total. The zero-order valence-corrected chi connectivity index (χ0v) is 14.1. The highest BCUT2D eigenvalue weighted by Crippen LogP contribution is 2.28. The maximum Gasteiger partial charge on any atom is 0.325 e. The van der Waals surface area contributed by atoms with E-state index in [-0.39, 0.29) is 6.54 Å². The Labute approximate surface area is 145 Å². The molecule has 1 aliphatic heterocycles. The largest absolute Gasteiger partial charge is 0.325 e. The third kappa shape index (κ3) is 3.24. The quantitative estimate of drug-likeness (QED) is 0.841. The number of urea groups is 1. The summed E-state index contributed by atoms with van der Waals surface area (Å²) in [7, 11) is 0. The lowest BCUT2D eigenvalue weighted by molar-refractivity contribution is -0.133. The smallest absolute Gasteiger partial charge is 0.325 e. The van der Waals surface area contributed by atoms with E-state index in [1.54, 1.807) is 37.3 Å². The fourth-order valence-electron chi connectivity index (χ4n) is 2.87. The lowest BCUT2D eigenvalue weighted by atomic mass is 9.92. The number of hydrogen-bond acceptors (Lipinski definition) is 3. The maximum atomic E-state index is 12.7. The van der Waals surface area contributed by atoms with Gasteiger partial charge in [-0.05, 0) is 37.1 Å². The Bertz CT molecular complexity index is 835. The highest BCUT2D eigenvalue weighted by molar-refractivity contribution is 6.10. The summed E-state index contributed by atoms with van der Waals surface area (Å²) in [6.45, 7) is 3.22. The molecule has 1 fully saturated rings. The van der Waals surface area contributed by atoms with Crippen LogP contribution in [0.3, 0.4) is 0 Å². The van der Waals surface area contributed by atoms with Gasteiger partial charge in [-0.3, -0.25) is 14.5 Å². The van der Waals surface area contributed by atoms with Crippen molar-refractivity contribution in [1.29, 1.82) is 0 Å². The molecular weight excluding hydrogens is 318 g/mol. The summed E-state index contributed by atoms with van der Waals surface area (Å²) in [5, 5.41) is 5.39. The second-order valence-corrected chi connectivity index (χ2v) is 6.23. The van der Waals surface area contributed by atoms with Crippen molar-refractivity contribution < 1.29 is 14.4 Å². The van der Waals surface area contributed by atoms with Crippen LogP contribution >= 0.6 is 0 Å². The summed E-state index contributed by atoms with van der Waals surface area (Å²) < 4.78 is 0. The van der Waals surface area contributed by atoms with E-state index in [1.165, 1.54) is 0 Å². The topological polar surface area (TPSA) is 78.5 Å². The molecule has 0 radical (unpaired) electrons. The lowest BCUT2D eigenvalue weighted by Crippen LogP contribution is -2.42. The average molecular weight is 337 g/mol. The van der Waals surface area contributed by atoms with Gasteiger partial charge in [0.1, 0.15) is 12.1 Å². The molecule has 25 heavy (non-hydrogen) atoms. The summed E-state index contributed by atoms with van der Waals surface area (Å²) in [6.07, 6.45) is 0. The van der Waals surface area contributed by atoms with Gasteiger partial charge in [0.05, 0.1) is 0 Å². The number of amides is 4. The number of carbonyl (C=O) groups excluding carboxylic acids is 3. The van der Waals surface area contributed by atoms with E-state index in [4.69, 9.17) is 0 Å². The summed E-state index contributed by atoms with van der Waals surface area (Å²) in [4.78, 5) is 38.1. The van der Waals surface area contributed by atoms with Gasteiger partial charge in [0, 0.05) is 5.69 Å². The Morgan fingerprint density at radius 3 is 2.52 bits per heavy atom. The molecule has 1 saturated heterocycles. The number of aryl methyl sites for hydroxylation is 1. The molecule has 1 aliphatic rings. The predicted octanol–water partition coefficient (Wildman–Crippen LogP) is 2.40. The van der Waals surface area contributed by atoms with Crippen molar-refractivity contribution in [3.63, 3.8) is 0 Å². The van der Waals surface area contributed by atoms with Crippen molar-refractivity contribution in [1.82, 2.24) is 10.2 Å². The van der Waals surface area contributed by atoms with Gasteiger partial charge in [0.15, 0.2) is 0 Å². The average Bonchev–Trinajstić information content (AvgIpc) is 2.80. The van der Waals surface area contributed by atoms with E-state index < -0.39 is 23.4 Å². The van der Waals surface area contributed by atoms with E-state index in [0.717, 1.165) is 10.5 Å². The van der Waals surface area contributed by atoms with Gasteiger partial charge in [-0.15, -0.1) is 0 Å². The van der Waals surface area contributed by atoms with Crippen molar-refractivity contribution in [2.24, 2.45) is 0 Å². The van der Waals surface area contributed by atoms with Crippen LogP contribution in [0.15, 0.2) is 54.6 Å². The minimum atomic E-state index is -1.16. The van der Waals surface area contributed by atoms with Gasteiger partial charge in [0.25, 0.3) is 5.91 Å². The first-order chi connectivity index (χ1) is 11.9. The Morgan fingerprint density at radius 1 is 1.12 bits per heavy atom. The van der Waals surface area contributed by atoms with Crippen LogP contribution in [0.5, 0.6) is 0 Å². The minimum absolute atomic E-state index is 0.332. The van der Waals surface area contributed by atoms with Crippen LogP contribution in [0, 0.1) is 6.92 Å². The molecule has 128 valence electrons. The lowest BCUT2D eigenvalue weighted by Gasteiger charge is -2.22. The molecule has 1 unspecified atom stereocenters. The van der Waals surface area contributed by atoms with Crippen molar-refractivity contribution >= 4 is 23.5 Å². The monoisotopic (exact) mass is 337 g/mol. The van der Waals surface area contributed by atoms with E-state index in [9.17, 15) is 14.4 Å². The highest BCUT2D eigenvalue weighted by atomic mass is 16.2. The zero-order chi connectivity index (χ0) is 18.0. The fourth-order valence-corrected chi connectivity index (χ4v) is 2.87. The standard InChI is InChI=1S/C19H19N3O3/c1-13-7-6-10-15(11-13)20-16(23)12-22-17(24)19(2,21-18(22)25)14-8-4-3-5-9-14/h3-11H,12H2,1-2H3,(H,20,23)(H,21,25). The van der Waals surface area contributed by atoms with Gasteiger partial charge in [-0.1, -0.05) is 42.5 Å². The molecular formula is C19H19N3O3. The highest BCUT2D eigenvalue weighted by Gasteiger charge is 2.49. The first-order valence-electron chi connectivity index (χ1n) is 7.96. The second kappa shape index (κ2) is 6.39. The van der Waals surface area contributed by atoms with Gasteiger partial charge < -0.3 is 10.6 Å². The third-order valence-corrected chi connectivity index (χ3v) is 4.23. The molecule has 1 heterocycles. The summed E-state index contributed by atoms with van der Waals surface area (Å²) >= 11 is 0. The molecule has 3 rings (SSSR count). The third-order valence-electron chi connectivity index (χ3n) is 4.23. The molecule has 0 saturated carbocycles. The molecule has 2 aromatic rings. The Hall–Kier alpha value is -3.15. The number of anilines is 1. The van der Waals surface area contributed by atoms with Crippen LogP contribution in [-0.2, 0) is 15.1 Å². The Morgan fingerprint density at radius 2 is 1.84 bits per heavy atom. The number of carbonyl (C=O) groups is 3. The number of imide groups is 1. The van der Waals surface area contributed by atoms with Crippen molar-refractivity contribution in [3.05, 3.63) is 65.7 Å². The molecule has 0 spiro atoms. The van der Waals surface area contributed by atoms with Crippen LogP contribution in [0.1, 0.15) is 18.1 Å². The van der Waals surface area contributed by atoms with E-state index in [1.807, 2.05) is 31.2 Å². The van der Waals surface area contributed by atoms with Gasteiger partial charge in [0.2, 0.25) is 5.91 Å². The molecule has 2 aromatic carbocycles. The molecule has 0 aliphatic carbocycles. The van der Waals surface area contributed by atoms with Gasteiger partial charge >= 0.3 is 6.03 Å². The van der Waals surface area contributed by atoms with Crippen LogP contribution in [0.25, 0.3) is 0 Å². The van der Waals surface area contributed by atoms with Crippen LogP contribution in [0.2, 0.25) is 0 Å². The number of nitrogens with zero attached hydrogens (tertiary/aromatic N) is 1.